The molecule has 0 amide bonds. The Hall–Kier alpha value is -2.61. The number of esters is 1. The lowest BCUT2D eigenvalue weighted by Gasteiger charge is -2.17. The van der Waals surface area contributed by atoms with E-state index in [2.05, 4.69) is 5.16 Å². The van der Waals surface area contributed by atoms with Gasteiger partial charge in [-0.25, -0.2) is 0 Å². The van der Waals surface area contributed by atoms with E-state index >= 15 is 0 Å². The second-order valence-corrected chi connectivity index (χ2v) is 10.1. The Morgan fingerprint density at radius 3 is 2.75 bits per heavy atom. The van der Waals surface area contributed by atoms with Gasteiger partial charge in [-0.15, -0.1) is 0 Å². The summed E-state index contributed by atoms with van der Waals surface area (Å²) < 4.78 is 22.6. The van der Waals surface area contributed by atoms with Gasteiger partial charge in [-0.3, -0.25) is 4.79 Å². The molecule has 7 nitrogen and oxygen atoms in total. The molecule has 0 aromatic heterocycles. The van der Waals surface area contributed by atoms with Crippen LogP contribution in [0.5, 0.6) is 23.0 Å². The standard InChI is InChI=1S/C26H28Cl3NO6/c1-16(19-13-18(33-12-10-22(28)29)14-20(27)25(19)32-4)30-34-11-6-9-23(31)35-21-8-5-7-17-15-26(2,3)36-24(17)21/h5,7-8,10,13-14H,6,9,11-12,15H2,1-4H3/b30-16+. The maximum Gasteiger partial charge on any atom is 0.311 e. The molecule has 0 saturated carbocycles. The van der Waals surface area contributed by atoms with Gasteiger partial charge in [0.15, 0.2) is 11.5 Å². The summed E-state index contributed by atoms with van der Waals surface area (Å²) in [5.74, 6) is 1.62. The van der Waals surface area contributed by atoms with E-state index in [0.717, 1.165) is 12.0 Å². The Morgan fingerprint density at radius 1 is 1.25 bits per heavy atom. The van der Waals surface area contributed by atoms with Crippen molar-refractivity contribution in [1.82, 2.24) is 0 Å². The predicted molar refractivity (Wildman–Crippen MR) is 141 cm³/mol. The van der Waals surface area contributed by atoms with Crippen LogP contribution < -0.4 is 18.9 Å². The molecule has 10 heteroatoms. The SMILES string of the molecule is COc1c(Cl)cc(OCC=C(Cl)Cl)cc1/C(C)=N/OCCCC(=O)Oc1cccc2c1OC(C)(C)C2. The summed E-state index contributed by atoms with van der Waals surface area (Å²) in [6.45, 7) is 6.14. The molecule has 0 saturated heterocycles. The highest BCUT2D eigenvalue weighted by atomic mass is 35.5. The molecule has 0 bridgehead atoms. The highest BCUT2D eigenvalue weighted by molar-refractivity contribution is 6.55. The van der Waals surface area contributed by atoms with Crippen molar-refractivity contribution in [2.75, 3.05) is 20.3 Å². The molecule has 2 aromatic rings. The molecule has 3 rings (SSSR count). The Labute approximate surface area is 225 Å². The van der Waals surface area contributed by atoms with Gasteiger partial charge in [0, 0.05) is 30.0 Å². The third-order valence-corrected chi connectivity index (χ3v) is 5.78. The van der Waals surface area contributed by atoms with Crippen molar-refractivity contribution in [2.24, 2.45) is 5.16 Å². The summed E-state index contributed by atoms with van der Waals surface area (Å²) >= 11 is 17.5. The van der Waals surface area contributed by atoms with Crippen molar-refractivity contribution < 1.29 is 28.6 Å². The van der Waals surface area contributed by atoms with Gasteiger partial charge in [-0.2, -0.15) is 0 Å². The minimum Gasteiger partial charge on any atom is -0.494 e. The number of methoxy groups -OCH3 is 1. The Bertz CT molecular complexity index is 1160. The Morgan fingerprint density at radius 2 is 2.03 bits per heavy atom. The summed E-state index contributed by atoms with van der Waals surface area (Å²) in [7, 11) is 1.51. The first-order chi connectivity index (χ1) is 17.1. The first kappa shape index (κ1) is 28.0. The molecule has 0 spiro atoms. The van der Waals surface area contributed by atoms with E-state index in [-0.39, 0.29) is 35.7 Å². The summed E-state index contributed by atoms with van der Waals surface area (Å²) in [5, 5.41) is 4.48. The van der Waals surface area contributed by atoms with E-state index in [9.17, 15) is 4.79 Å². The van der Waals surface area contributed by atoms with Gasteiger partial charge >= 0.3 is 5.97 Å². The summed E-state index contributed by atoms with van der Waals surface area (Å²) in [5.41, 5.74) is 1.83. The molecule has 1 aliphatic rings. The summed E-state index contributed by atoms with van der Waals surface area (Å²) in [6.07, 6.45) is 2.86. The number of fused-ring (bicyclic) bond motifs is 1. The van der Waals surface area contributed by atoms with Crippen LogP contribution in [0.3, 0.4) is 0 Å². The Balaban J connectivity index is 1.53. The van der Waals surface area contributed by atoms with E-state index < -0.39 is 0 Å². The molecule has 0 radical (unpaired) electrons. The minimum atomic E-state index is -0.370. The first-order valence-electron chi connectivity index (χ1n) is 11.3. The number of para-hydroxylation sites is 1. The monoisotopic (exact) mass is 555 g/mol. The fraction of sp³-hybridized carbons (Fsp3) is 0.385. The third-order valence-electron chi connectivity index (χ3n) is 5.20. The predicted octanol–water partition coefficient (Wildman–Crippen LogP) is 6.89. The molecule has 0 atom stereocenters. The molecule has 194 valence electrons. The van der Waals surface area contributed by atoms with E-state index in [1.165, 1.54) is 13.2 Å². The fourth-order valence-electron chi connectivity index (χ4n) is 3.64. The van der Waals surface area contributed by atoms with Crippen molar-refractivity contribution >= 4 is 46.5 Å². The lowest BCUT2D eigenvalue weighted by atomic mass is 10.0. The molecular formula is C26H28Cl3NO6. The molecule has 0 N–H and O–H groups in total. The zero-order valence-corrected chi connectivity index (χ0v) is 22.8. The number of rotatable bonds is 11. The number of benzene rings is 2. The minimum absolute atomic E-state index is 0.106. The van der Waals surface area contributed by atoms with E-state index in [4.69, 9.17) is 58.6 Å². The van der Waals surface area contributed by atoms with Gasteiger partial charge in [0.2, 0.25) is 0 Å². The average molecular weight is 557 g/mol. The molecule has 1 aliphatic heterocycles. The van der Waals surface area contributed by atoms with Gasteiger partial charge in [-0.1, -0.05) is 52.1 Å². The van der Waals surface area contributed by atoms with Gasteiger partial charge in [0.25, 0.3) is 0 Å². The van der Waals surface area contributed by atoms with E-state index in [1.807, 2.05) is 26.0 Å². The quantitative estimate of drug-likeness (QED) is 0.0987. The summed E-state index contributed by atoms with van der Waals surface area (Å²) in [6, 6.07) is 8.91. The van der Waals surface area contributed by atoms with Crippen LogP contribution in [0.1, 0.15) is 44.7 Å². The maximum absolute atomic E-state index is 12.3. The number of hydrogen-bond acceptors (Lipinski definition) is 7. The van der Waals surface area contributed by atoms with Crippen LogP contribution in [0, 0.1) is 0 Å². The number of ether oxygens (including phenoxy) is 4. The smallest absolute Gasteiger partial charge is 0.311 e. The molecule has 0 unspecified atom stereocenters. The number of oxime groups is 1. The molecular weight excluding hydrogens is 529 g/mol. The zero-order chi connectivity index (χ0) is 26.3. The summed E-state index contributed by atoms with van der Waals surface area (Å²) in [4.78, 5) is 17.8. The first-order valence-corrected chi connectivity index (χ1v) is 12.4. The number of carbonyl (C=O) groups excluding carboxylic acids is 1. The van der Waals surface area contributed by atoms with Crippen molar-refractivity contribution in [3.05, 3.63) is 57.0 Å². The molecule has 1 heterocycles. The van der Waals surface area contributed by atoms with Crippen molar-refractivity contribution in [3.8, 4) is 23.0 Å². The number of carbonyl (C=O) groups is 1. The van der Waals surface area contributed by atoms with Crippen LogP contribution in [0.2, 0.25) is 5.02 Å². The van der Waals surface area contributed by atoms with Crippen LogP contribution in [0.4, 0.5) is 0 Å². The van der Waals surface area contributed by atoms with Crippen LogP contribution in [0.15, 0.2) is 46.1 Å². The molecule has 0 aliphatic carbocycles. The van der Waals surface area contributed by atoms with Gasteiger partial charge in [0.05, 0.1) is 17.8 Å². The number of hydrogen-bond donors (Lipinski definition) is 0. The largest absolute Gasteiger partial charge is 0.494 e. The van der Waals surface area contributed by atoms with E-state index in [1.54, 1.807) is 25.1 Å². The van der Waals surface area contributed by atoms with E-state index in [0.29, 0.717) is 45.7 Å². The van der Waals surface area contributed by atoms with Crippen LogP contribution in [-0.4, -0.2) is 37.6 Å². The van der Waals surface area contributed by atoms with Crippen LogP contribution in [0.25, 0.3) is 0 Å². The highest BCUT2D eigenvalue weighted by Gasteiger charge is 2.32. The second-order valence-electron chi connectivity index (χ2n) is 8.66. The van der Waals surface area contributed by atoms with Crippen LogP contribution in [-0.2, 0) is 16.1 Å². The van der Waals surface area contributed by atoms with Gasteiger partial charge in [0.1, 0.15) is 34.8 Å². The third kappa shape index (κ3) is 7.69. The van der Waals surface area contributed by atoms with Crippen LogP contribution >= 0.6 is 34.8 Å². The lowest BCUT2D eigenvalue weighted by Crippen LogP contribution is -2.24. The molecule has 36 heavy (non-hydrogen) atoms. The Kier molecular flexibility index (Phi) is 9.77. The van der Waals surface area contributed by atoms with Crippen molar-refractivity contribution in [1.29, 1.82) is 0 Å². The van der Waals surface area contributed by atoms with Crippen molar-refractivity contribution in [3.63, 3.8) is 0 Å². The molecule has 0 fully saturated rings. The lowest BCUT2D eigenvalue weighted by molar-refractivity contribution is -0.134. The fourth-order valence-corrected chi connectivity index (χ4v) is 4.06. The second kappa shape index (κ2) is 12.6. The maximum atomic E-state index is 12.3. The molecule has 2 aromatic carbocycles. The van der Waals surface area contributed by atoms with Gasteiger partial charge < -0.3 is 23.8 Å². The number of halogens is 3. The number of nitrogens with zero attached hydrogens (tertiary/aromatic N) is 1. The normalized spacial score (nSPS) is 13.9. The average Bonchev–Trinajstić information content (AvgIpc) is 3.13. The topological polar surface area (TPSA) is 75.6 Å². The van der Waals surface area contributed by atoms with Crippen molar-refractivity contribution in [2.45, 2.75) is 45.6 Å². The highest BCUT2D eigenvalue weighted by Crippen LogP contribution is 2.42. The zero-order valence-electron chi connectivity index (χ0n) is 20.5. The van der Waals surface area contributed by atoms with Gasteiger partial charge in [-0.05, 0) is 45.4 Å².